The first-order chi connectivity index (χ1) is 16.7. The Kier molecular flexibility index (Phi) is 6.79. The summed E-state index contributed by atoms with van der Waals surface area (Å²) in [6.45, 7) is 0.0571. The first-order valence-corrected chi connectivity index (χ1v) is 12.8. The smallest absolute Gasteiger partial charge is 0.407 e. The van der Waals surface area contributed by atoms with Crippen molar-refractivity contribution >= 4 is 21.9 Å². The van der Waals surface area contributed by atoms with E-state index in [9.17, 15) is 23.1 Å². The van der Waals surface area contributed by atoms with Gasteiger partial charge < -0.3 is 19.9 Å². The molecule has 3 aromatic rings. The normalized spacial score (nSPS) is 13.4. The molecule has 0 aromatic heterocycles. The van der Waals surface area contributed by atoms with Crippen LogP contribution in [0.15, 0.2) is 71.6 Å². The number of hydrogen-bond donors (Lipinski definition) is 2. The first-order valence-electron chi connectivity index (χ1n) is 10.9. The maximum Gasteiger partial charge on any atom is 0.407 e. The van der Waals surface area contributed by atoms with Crippen molar-refractivity contribution in [1.29, 1.82) is 0 Å². The van der Waals surface area contributed by atoms with Crippen LogP contribution < -0.4 is 5.32 Å². The predicted molar refractivity (Wildman–Crippen MR) is 129 cm³/mol. The second-order valence-corrected chi connectivity index (χ2v) is 10.3. The van der Waals surface area contributed by atoms with Gasteiger partial charge in [-0.3, -0.25) is 0 Å². The molecule has 182 valence electrons. The number of phenols is 1. The van der Waals surface area contributed by atoms with Crippen molar-refractivity contribution in [2.45, 2.75) is 23.3 Å². The molecule has 1 amide bonds. The van der Waals surface area contributed by atoms with E-state index in [0.717, 1.165) is 34.6 Å². The Hall–Kier alpha value is -3.85. The number of benzene rings is 3. The predicted octanol–water partition coefficient (Wildman–Crippen LogP) is 3.42. The number of aromatic hydroxyl groups is 1. The van der Waals surface area contributed by atoms with E-state index >= 15 is 0 Å². The van der Waals surface area contributed by atoms with E-state index in [2.05, 4.69) is 5.32 Å². The molecule has 2 N–H and O–H groups in total. The van der Waals surface area contributed by atoms with Gasteiger partial charge in [0.25, 0.3) is 0 Å². The number of phenolic OH excluding ortho intramolecular Hbond substituents is 1. The van der Waals surface area contributed by atoms with Gasteiger partial charge >= 0.3 is 12.1 Å². The van der Waals surface area contributed by atoms with Crippen LogP contribution >= 0.6 is 0 Å². The minimum atomic E-state index is -3.70. The number of sulfone groups is 1. The van der Waals surface area contributed by atoms with Gasteiger partial charge in [-0.05, 0) is 39.9 Å². The molecule has 35 heavy (non-hydrogen) atoms. The number of fused-ring (bicyclic) bond motifs is 3. The molecule has 0 saturated heterocycles. The lowest BCUT2D eigenvalue weighted by Crippen LogP contribution is -2.43. The largest absolute Gasteiger partial charge is 0.508 e. The molecule has 0 aliphatic heterocycles. The molecule has 0 spiro atoms. The molecule has 0 heterocycles. The summed E-state index contributed by atoms with van der Waals surface area (Å²) in [6, 6.07) is 18.4. The maximum atomic E-state index is 12.7. The fourth-order valence-corrected chi connectivity index (χ4v) is 5.36. The van der Waals surface area contributed by atoms with Crippen molar-refractivity contribution in [3.05, 3.63) is 83.4 Å². The molecular formula is C26H25NO7S. The van der Waals surface area contributed by atoms with Crippen molar-refractivity contribution in [3.8, 4) is 16.9 Å². The van der Waals surface area contributed by atoms with Crippen molar-refractivity contribution in [2.75, 3.05) is 20.0 Å². The lowest BCUT2D eigenvalue weighted by Gasteiger charge is -2.19. The number of alkyl carbamates (subject to hydrolysis) is 1. The van der Waals surface area contributed by atoms with Crippen LogP contribution in [0, 0.1) is 0 Å². The van der Waals surface area contributed by atoms with Gasteiger partial charge in [0.05, 0.1) is 12.0 Å². The zero-order valence-electron chi connectivity index (χ0n) is 19.2. The highest BCUT2D eigenvalue weighted by molar-refractivity contribution is 7.90. The van der Waals surface area contributed by atoms with Gasteiger partial charge in [0.15, 0.2) is 9.84 Å². The number of esters is 1. The second-order valence-electron chi connectivity index (χ2n) is 8.31. The number of nitrogens with one attached hydrogen (secondary N) is 1. The molecular weight excluding hydrogens is 470 g/mol. The number of methoxy groups -OCH3 is 1. The van der Waals surface area contributed by atoms with Gasteiger partial charge in [0, 0.05) is 18.6 Å². The zero-order valence-corrected chi connectivity index (χ0v) is 20.0. The molecule has 1 aliphatic rings. The third-order valence-electron chi connectivity index (χ3n) is 6.00. The van der Waals surface area contributed by atoms with Gasteiger partial charge in [-0.1, -0.05) is 54.6 Å². The lowest BCUT2D eigenvalue weighted by molar-refractivity contribution is -0.143. The van der Waals surface area contributed by atoms with Gasteiger partial charge in [0.2, 0.25) is 0 Å². The summed E-state index contributed by atoms with van der Waals surface area (Å²) >= 11 is 0. The Labute approximate surface area is 203 Å². The number of hydrogen-bond acceptors (Lipinski definition) is 7. The zero-order chi connectivity index (χ0) is 25.2. The van der Waals surface area contributed by atoms with Gasteiger partial charge in [0.1, 0.15) is 18.4 Å². The number of ether oxygens (including phenoxy) is 2. The minimum Gasteiger partial charge on any atom is -0.508 e. The number of carbonyl (C=O) groups excluding carboxylic acids is 2. The highest BCUT2D eigenvalue weighted by atomic mass is 32.2. The van der Waals surface area contributed by atoms with Crippen LogP contribution in [0.5, 0.6) is 5.75 Å². The molecule has 1 aliphatic carbocycles. The van der Waals surface area contributed by atoms with Crippen LogP contribution in [0.2, 0.25) is 0 Å². The van der Waals surface area contributed by atoms with E-state index in [1.165, 1.54) is 19.2 Å². The van der Waals surface area contributed by atoms with Crippen LogP contribution in [-0.4, -0.2) is 51.6 Å². The van der Waals surface area contributed by atoms with Crippen molar-refractivity contribution in [1.82, 2.24) is 5.32 Å². The quantitative estimate of drug-likeness (QED) is 0.482. The molecule has 9 heteroatoms. The topological polar surface area (TPSA) is 119 Å². The van der Waals surface area contributed by atoms with Crippen LogP contribution in [0.4, 0.5) is 4.79 Å². The van der Waals surface area contributed by atoms with E-state index in [0.29, 0.717) is 0 Å². The molecule has 4 rings (SSSR count). The molecule has 0 radical (unpaired) electrons. The molecule has 0 unspecified atom stereocenters. The third kappa shape index (κ3) is 5.14. The minimum absolute atomic E-state index is 0.0571. The standard InChI is InChI=1S/C26H25NO7S/c1-33-25(29)23(13-16-11-12-17(28)14-24(16)35(2,31)32)27-26(30)34-15-22-20-9-5-3-7-18(20)19-8-4-6-10-21(19)22/h3-12,14,22-23,28H,13,15H2,1-2H3,(H,27,30)/t23-/m0/s1. The molecule has 3 aromatic carbocycles. The monoisotopic (exact) mass is 495 g/mol. The lowest BCUT2D eigenvalue weighted by atomic mass is 9.98. The van der Waals surface area contributed by atoms with Crippen LogP contribution in [0.25, 0.3) is 11.1 Å². The average molecular weight is 496 g/mol. The Morgan fingerprint density at radius 2 is 1.60 bits per heavy atom. The molecule has 0 saturated carbocycles. The van der Waals surface area contributed by atoms with E-state index in [1.807, 2.05) is 48.5 Å². The first kappa shape index (κ1) is 24.3. The third-order valence-corrected chi connectivity index (χ3v) is 7.17. The van der Waals surface area contributed by atoms with Gasteiger partial charge in [-0.25, -0.2) is 18.0 Å². The Balaban J connectivity index is 1.50. The van der Waals surface area contributed by atoms with Gasteiger partial charge in [-0.2, -0.15) is 0 Å². The molecule has 1 atom stereocenters. The second kappa shape index (κ2) is 9.79. The number of carbonyl (C=O) groups is 2. The van der Waals surface area contributed by atoms with E-state index in [1.54, 1.807) is 0 Å². The summed E-state index contributed by atoms with van der Waals surface area (Å²) in [5.74, 6) is -1.14. The molecule has 0 bridgehead atoms. The fraction of sp³-hybridized carbons (Fsp3) is 0.231. The number of amides is 1. The van der Waals surface area contributed by atoms with Crippen molar-refractivity contribution in [3.63, 3.8) is 0 Å². The van der Waals surface area contributed by atoms with Gasteiger partial charge in [-0.15, -0.1) is 0 Å². The molecule has 8 nitrogen and oxygen atoms in total. The highest BCUT2D eigenvalue weighted by Crippen LogP contribution is 2.44. The van der Waals surface area contributed by atoms with Crippen LogP contribution in [0.1, 0.15) is 22.6 Å². The Morgan fingerprint density at radius 1 is 1.00 bits per heavy atom. The highest BCUT2D eigenvalue weighted by Gasteiger charge is 2.30. The summed E-state index contributed by atoms with van der Waals surface area (Å²) in [5.41, 5.74) is 4.52. The Morgan fingerprint density at radius 3 is 2.17 bits per heavy atom. The fourth-order valence-electron chi connectivity index (χ4n) is 4.39. The Bertz CT molecular complexity index is 1340. The summed E-state index contributed by atoms with van der Waals surface area (Å²) < 4.78 is 34.6. The van der Waals surface area contributed by atoms with E-state index < -0.39 is 27.9 Å². The maximum absolute atomic E-state index is 12.7. The van der Waals surface area contributed by atoms with E-state index in [-0.39, 0.29) is 35.2 Å². The summed E-state index contributed by atoms with van der Waals surface area (Å²) in [4.78, 5) is 24.9. The summed E-state index contributed by atoms with van der Waals surface area (Å²) in [5, 5.41) is 12.2. The summed E-state index contributed by atoms with van der Waals surface area (Å²) in [7, 11) is -2.53. The van der Waals surface area contributed by atoms with E-state index in [4.69, 9.17) is 9.47 Å². The number of rotatable bonds is 7. The molecule has 0 fully saturated rings. The van der Waals surface area contributed by atoms with Crippen LogP contribution in [-0.2, 0) is 30.5 Å². The van der Waals surface area contributed by atoms with Crippen molar-refractivity contribution < 1.29 is 32.6 Å². The van der Waals surface area contributed by atoms with Crippen LogP contribution in [0.3, 0.4) is 0 Å². The SMILES string of the molecule is COC(=O)[C@H](Cc1ccc(O)cc1S(C)(=O)=O)NC(=O)OCC1c2ccccc2-c2ccccc21. The average Bonchev–Trinajstić information content (AvgIpc) is 3.16. The summed E-state index contributed by atoms with van der Waals surface area (Å²) in [6.07, 6.45) is -0.00123. The van der Waals surface area contributed by atoms with Crippen molar-refractivity contribution in [2.24, 2.45) is 0 Å².